The lowest BCUT2D eigenvalue weighted by Gasteiger charge is -2.53. The molecule has 0 aromatic heterocycles. The van der Waals surface area contributed by atoms with Crippen LogP contribution in [0.3, 0.4) is 0 Å². The highest BCUT2D eigenvalue weighted by molar-refractivity contribution is 7.89. The lowest BCUT2D eigenvalue weighted by atomic mass is 9.52. The molecule has 4 bridgehead atoms. The van der Waals surface area contributed by atoms with Crippen molar-refractivity contribution in [1.29, 1.82) is 0 Å². The summed E-state index contributed by atoms with van der Waals surface area (Å²) in [6.07, 6.45) is 4.89. The molecular formula is C23H32N2O5S. The van der Waals surface area contributed by atoms with Crippen LogP contribution in [0.1, 0.15) is 52.9 Å². The molecule has 0 spiro atoms. The van der Waals surface area contributed by atoms with Crippen molar-refractivity contribution in [2.24, 2.45) is 29.6 Å². The quantitative estimate of drug-likeness (QED) is 0.623. The first kappa shape index (κ1) is 22.3. The number of hydrogen-bond acceptors (Lipinski definition) is 5. The second kappa shape index (κ2) is 8.54. The van der Waals surface area contributed by atoms with Gasteiger partial charge in [-0.3, -0.25) is 9.59 Å². The van der Waals surface area contributed by atoms with Crippen LogP contribution < -0.4 is 10.0 Å². The molecule has 0 aliphatic heterocycles. The van der Waals surface area contributed by atoms with E-state index in [4.69, 9.17) is 4.74 Å². The molecular weight excluding hydrogens is 416 g/mol. The Labute approximate surface area is 184 Å². The fourth-order valence-electron chi connectivity index (χ4n) is 5.96. The van der Waals surface area contributed by atoms with E-state index >= 15 is 0 Å². The van der Waals surface area contributed by atoms with Crippen LogP contribution >= 0.6 is 0 Å². The highest BCUT2D eigenvalue weighted by atomic mass is 32.2. The Morgan fingerprint density at radius 3 is 2.00 bits per heavy atom. The third-order valence-corrected chi connectivity index (χ3v) is 8.66. The molecule has 0 saturated heterocycles. The fourth-order valence-corrected chi connectivity index (χ4v) is 7.21. The molecule has 1 aromatic rings. The number of rotatable bonds is 7. The molecule has 8 heteroatoms. The number of esters is 1. The average molecular weight is 449 g/mol. The molecule has 5 rings (SSSR count). The van der Waals surface area contributed by atoms with Crippen molar-refractivity contribution in [3.8, 4) is 0 Å². The topological polar surface area (TPSA) is 102 Å². The predicted molar refractivity (Wildman–Crippen MR) is 117 cm³/mol. The minimum atomic E-state index is -3.59. The number of ether oxygens (including phenoxy) is 1. The minimum Gasteiger partial charge on any atom is -0.452 e. The Hall–Kier alpha value is -1.93. The van der Waals surface area contributed by atoms with Gasteiger partial charge in [0.05, 0.1) is 10.8 Å². The molecule has 1 amide bonds. The van der Waals surface area contributed by atoms with Gasteiger partial charge in [0.1, 0.15) is 0 Å². The summed E-state index contributed by atoms with van der Waals surface area (Å²) in [5.74, 6) is 1.64. The number of amides is 1. The molecule has 7 nitrogen and oxygen atoms in total. The maximum Gasteiger partial charge on any atom is 0.310 e. The molecule has 0 heterocycles. The Bertz CT molecular complexity index is 913. The Kier molecular flexibility index (Phi) is 6.14. The molecule has 2 N–H and O–H groups in total. The van der Waals surface area contributed by atoms with Gasteiger partial charge in [0.15, 0.2) is 6.10 Å². The lowest BCUT2D eigenvalue weighted by Crippen LogP contribution is -2.49. The maximum atomic E-state index is 12.9. The van der Waals surface area contributed by atoms with Crippen LogP contribution in [0.4, 0.5) is 5.69 Å². The van der Waals surface area contributed by atoms with Gasteiger partial charge in [-0.2, -0.15) is 0 Å². The van der Waals surface area contributed by atoms with Crippen LogP contribution in [0.5, 0.6) is 0 Å². The van der Waals surface area contributed by atoms with E-state index < -0.39 is 22.0 Å². The maximum absolute atomic E-state index is 12.9. The van der Waals surface area contributed by atoms with Crippen molar-refractivity contribution in [2.45, 2.75) is 69.9 Å². The summed E-state index contributed by atoms with van der Waals surface area (Å²) in [5.41, 5.74) is 0.450. The number of hydrogen-bond donors (Lipinski definition) is 2. The Morgan fingerprint density at radius 2 is 1.48 bits per heavy atom. The Morgan fingerprint density at radius 1 is 0.935 bits per heavy atom. The van der Waals surface area contributed by atoms with E-state index in [2.05, 4.69) is 10.0 Å². The molecule has 4 aliphatic rings. The first-order valence-electron chi connectivity index (χ1n) is 11.3. The number of carbonyl (C=O) groups excluding carboxylic acids is 2. The van der Waals surface area contributed by atoms with Gasteiger partial charge in [-0.05, 0) is 101 Å². The molecule has 170 valence electrons. The van der Waals surface area contributed by atoms with Gasteiger partial charge in [-0.15, -0.1) is 0 Å². The largest absolute Gasteiger partial charge is 0.452 e. The normalized spacial score (nSPS) is 30.3. The monoisotopic (exact) mass is 448 g/mol. The number of sulfonamides is 1. The van der Waals surface area contributed by atoms with E-state index in [0.717, 1.165) is 37.5 Å². The summed E-state index contributed by atoms with van der Waals surface area (Å²) < 4.78 is 32.5. The number of nitrogens with one attached hydrogen (secondary N) is 2. The molecule has 4 saturated carbocycles. The molecule has 0 radical (unpaired) electrons. The van der Waals surface area contributed by atoms with Gasteiger partial charge in [-0.25, -0.2) is 13.1 Å². The van der Waals surface area contributed by atoms with Crippen LogP contribution in [0.25, 0.3) is 0 Å². The van der Waals surface area contributed by atoms with Crippen molar-refractivity contribution < 1.29 is 22.7 Å². The molecule has 1 unspecified atom stereocenters. The van der Waals surface area contributed by atoms with Crippen molar-refractivity contribution in [2.75, 3.05) is 5.32 Å². The smallest absolute Gasteiger partial charge is 0.310 e. The highest BCUT2D eigenvalue weighted by Crippen LogP contribution is 2.56. The molecule has 4 fully saturated rings. The lowest BCUT2D eigenvalue weighted by molar-refractivity contribution is -0.169. The van der Waals surface area contributed by atoms with E-state index in [1.54, 1.807) is 20.8 Å². The zero-order valence-corrected chi connectivity index (χ0v) is 19.2. The zero-order valence-electron chi connectivity index (χ0n) is 18.3. The van der Waals surface area contributed by atoms with E-state index in [0.29, 0.717) is 17.5 Å². The Balaban J connectivity index is 1.33. The number of benzene rings is 1. The van der Waals surface area contributed by atoms with E-state index in [9.17, 15) is 18.0 Å². The number of anilines is 1. The van der Waals surface area contributed by atoms with Crippen LogP contribution in [-0.2, 0) is 24.3 Å². The summed E-state index contributed by atoms with van der Waals surface area (Å²) in [6, 6.07) is 5.71. The van der Waals surface area contributed by atoms with Gasteiger partial charge >= 0.3 is 5.97 Å². The zero-order chi connectivity index (χ0) is 22.3. The predicted octanol–water partition coefficient (Wildman–Crippen LogP) is 3.32. The summed E-state index contributed by atoms with van der Waals surface area (Å²) in [7, 11) is -3.59. The average Bonchev–Trinajstić information content (AvgIpc) is 2.66. The summed E-state index contributed by atoms with van der Waals surface area (Å²) in [6.45, 7) is 5.07. The van der Waals surface area contributed by atoms with E-state index in [1.165, 1.54) is 30.7 Å². The summed E-state index contributed by atoms with van der Waals surface area (Å²) in [5, 5.41) is 2.70. The van der Waals surface area contributed by atoms with E-state index in [1.807, 2.05) is 0 Å². The third-order valence-electron chi connectivity index (χ3n) is 6.98. The van der Waals surface area contributed by atoms with Crippen LogP contribution in [0, 0.1) is 29.6 Å². The fraction of sp³-hybridized carbons (Fsp3) is 0.652. The van der Waals surface area contributed by atoms with Gasteiger partial charge in [-0.1, -0.05) is 0 Å². The van der Waals surface area contributed by atoms with Crippen molar-refractivity contribution in [1.82, 2.24) is 4.72 Å². The molecule has 1 atom stereocenters. The van der Waals surface area contributed by atoms with E-state index in [-0.39, 0.29) is 22.8 Å². The first-order valence-corrected chi connectivity index (χ1v) is 12.7. The highest BCUT2D eigenvalue weighted by Gasteiger charge is 2.51. The van der Waals surface area contributed by atoms with Gasteiger partial charge in [0, 0.05) is 11.7 Å². The van der Waals surface area contributed by atoms with Crippen molar-refractivity contribution in [3.63, 3.8) is 0 Å². The van der Waals surface area contributed by atoms with Gasteiger partial charge in [0.2, 0.25) is 10.0 Å². The SMILES string of the molecule is CC(C)NS(=O)(=O)c1ccc(NC(=O)C(C)OC(=O)C2C3CC4CC(C3)CC2C4)cc1. The minimum absolute atomic E-state index is 0.0685. The molecule has 31 heavy (non-hydrogen) atoms. The van der Waals surface area contributed by atoms with Crippen molar-refractivity contribution >= 4 is 27.6 Å². The first-order chi connectivity index (χ1) is 14.6. The van der Waals surface area contributed by atoms with Gasteiger partial charge in [0.25, 0.3) is 5.91 Å². The van der Waals surface area contributed by atoms with Crippen LogP contribution in [0.2, 0.25) is 0 Å². The van der Waals surface area contributed by atoms with Crippen molar-refractivity contribution in [3.05, 3.63) is 24.3 Å². The van der Waals surface area contributed by atoms with Crippen LogP contribution in [-0.4, -0.2) is 32.4 Å². The third kappa shape index (κ3) is 4.80. The number of carbonyl (C=O) groups is 2. The summed E-state index contributed by atoms with van der Waals surface area (Å²) >= 11 is 0. The summed E-state index contributed by atoms with van der Waals surface area (Å²) in [4.78, 5) is 25.5. The standard InChI is InChI=1S/C23H32N2O5S/c1-13(2)25-31(28,29)20-6-4-19(5-7-20)24-22(26)14(3)30-23(27)21-17-9-15-8-16(11-17)12-18(21)10-15/h4-7,13-18,21,25H,8-12H2,1-3H3,(H,24,26). The second-order valence-corrected chi connectivity index (χ2v) is 11.5. The molecule has 4 aliphatic carbocycles. The molecule has 1 aromatic carbocycles. The second-order valence-electron chi connectivity index (χ2n) is 9.83. The van der Waals surface area contributed by atoms with Gasteiger partial charge < -0.3 is 10.1 Å². The van der Waals surface area contributed by atoms with Crippen LogP contribution in [0.15, 0.2) is 29.2 Å².